The number of rotatable bonds is 8. The highest BCUT2D eigenvalue weighted by atomic mass is 15.1. The maximum absolute atomic E-state index is 4.72. The second-order valence-corrected chi connectivity index (χ2v) is 6.47. The van der Waals surface area contributed by atoms with Crippen molar-refractivity contribution in [2.24, 2.45) is 10.9 Å². The molecule has 0 bridgehead atoms. The maximum Gasteiger partial charge on any atom is 0.163 e. The fourth-order valence-electron chi connectivity index (χ4n) is 2.74. The number of aliphatic imine (C=N–C) groups is 1. The number of benzene rings is 1. The van der Waals surface area contributed by atoms with Crippen molar-refractivity contribution >= 4 is 18.4 Å². The summed E-state index contributed by atoms with van der Waals surface area (Å²) >= 11 is 0. The van der Waals surface area contributed by atoms with Crippen LogP contribution in [0.25, 0.3) is 11.4 Å². The van der Waals surface area contributed by atoms with Crippen molar-refractivity contribution in [2.75, 3.05) is 10.6 Å². The van der Waals surface area contributed by atoms with E-state index in [9.17, 15) is 0 Å². The van der Waals surface area contributed by atoms with Crippen LogP contribution in [0.5, 0.6) is 0 Å². The van der Waals surface area contributed by atoms with Crippen molar-refractivity contribution in [1.29, 1.82) is 0 Å². The SMILES string of the molecule is C=N/C=C\C(=C/C)Nc1cc(NC(C)C2CC2)nc(-c2ccccc2)n1. The van der Waals surface area contributed by atoms with Crippen LogP contribution in [0.2, 0.25) is 0 Å². The lowest BCUT2D eigenvalue weighted by molar-refractivity contribution is 0.690. The van der Waals surface area contributed by atoms with E-state index >= 15 is 0 Å². The van der Waals surface area contributed by atoms with E-state index in [0.29, 0.717) is 11.9 Å². The minimum atomic E-state index is 0.410. The summed E-state index contributed by atoms with van der Waals surface area (Å²) < 4.78 is 0. The quantitative estimate of drug-likeness (QED) is 0.527. The molecular formula is C21H25N5. The van der Waals surface area contributed by atoms with Crippen LogP contribution in [-0.2, 0) is 0 Å². The van der Waals surface area contributed by atoms with Gasteiger partial charge in [-0.1, -0.05) is 36.4 Å². The first-order chi connectivity index (χ1) is 12.7. The second-order valence-electron chi connectivity index (χ2n) is 6.47. The van der Waals surface area contributed by atoms with E-state index < -0.39 is 0 Å². The summed E-state index contributed by atoms with van der Waals surface area (Å²) in [5.41, 5.74) is 1.89. The lowest BCUT2D eigenvalue weighted by Gasteiger charge is -2.16. The van der Waals surface area contributed by atoms with Gasteiger partial charge in [0.15, 0.2) is 5.82 Å². The van der Waals surface area contributed by atoms with Gasteiger partial charge in [0.05, 0.1) is 0 Å². The molecule has 1 aliphatic carbocycles. The summed E-state index contributed by atoms with van der Waals surface area (Å²) in [6.45, 7) is 7.64. The minimum Gasteiger partial charge on any atom is -0.367 e. The van der Waals surface area contributed by atoms with Crippen LogP contribution in [0, 0.1) is 5.92 Å². The number of nitrogens with zero attached hydrogens (tertiary/aromatic N) is 3. The molecule has 0 aliphatic heterocycles. The monoisotopic (exact) mass is 347 g/mol. The van der Waals surface area contributed by atoms with E-state index in [-0.39, 0.29) is 0 Å². The predicted octanol–water partition coefficient (Wildman–Crippen LogP) is 4.88. The number of hydrogen-bond acceptors (Lipinski definition) is 5. The number of allylic oxidation sites excluding steroid dienone is 2. The molecule has 1 saturated carbocycles. The highest BCUT2D eigenvalue weighted by molar-refractivity contribution is 5.62. The smallest absolute Gasteiger partial charge is 0.163 e. The molecule has 134 valence electrons. The molecule has 0 amide bonds. The number of anilines is 2. The zero-order chi connectivity index (χ0) is 18.4. The summed E-state index contributed by atoms with van der Waals surface area (Å²) in [5, 5.41) is 6.86. The fourth-order valence-corrected chi connectivity index (χ4v) is 2.74. The van der Waals surface area contributed by atoms with Gasteiger partial charge in [0.2, 0.25) is 0 Å². The van der Waals surface area contributed by atoms with Gasteiger partial charge in [-0.25, -0.2) is 9.97 Å². The Morgan fingerprint density at radius 3 is 2.62 bits per heavy atom. The predicted molar refractivity (Wildman–Crippen MR) is 109 cm³/mol. The molecule has 2 N–H and O–H groups in total. The number of hydrogen-bond donors (Lipinski definition) is 2. The Morgan fingerprint density at radius 1 is 1.23 bits per heavy atom. The van der Waals surface area contributed by atoms with Crippen LogP contribution in [0.15, 0.2) is 65.4 Å². The van der Waals surface area contributed by atoms with E-state index in [1.807, 2.05) is 55.5 Å². The highest BCUT2D eigenvalue weighted by Crippen LogP contribution is 2.34. The molecule has 3 rings (SSSR count). The summed E-state index contributed by atoms with van der Waals surface area (Å²) in [6, 6.07) is 12.4. The Morgan fingerprint density at radius 2 is 1.96 bits per heavy atom. The molecule has 26 heavy (non-hydrogen) atoms. The molecular weight excluding hydrogens is 322 g/mol. The molecule has 1 fully saturated rings. The van der Waals surface area contributed by atoms with Crippen LogP contribution < -0.4 is 10.6 Å². The Balaban J connectivity index is 1.91. The van der Waals surface area contributed by atoms with Gasteiger partial charge in [-0.15, -0.1) is 0 Å². The van der Waals surface area contributed by atoms with Crippen molar-refractivity contribution < 1.29 is 0 Å². The van der Waals surface area contributed by atoms with Gasteiger partial charge in [-0.3, -0.25) is 4.99 Å². The second kappa shape index (κ2) is 8.43. The Kier molecular flexibility index (Phi) is 5.79. The molecule has 0 spiro atoms. The summed E-state index contributed by atoms with van der Waals surface area (Å²) in [5.74, 6) is 3.02. The van der Waals surface area contributed by atoms with Crippen molar-refractivity contribution in [3.8, 4) is 11.4 Å². The topological polar surface area (TPSA) is 62.2 Å². The number of nitrogens with one attached hydrogen (secondary N) is 2. The molecule has 5 heteroatoms. The average Bonchev–Trinajstić information content (AvgIpc) is 3.51. The highest BCUT2D eigenvalue weighted by Gasteiger charge is 2.28. The first-order valence-corrected chi connectivity index (χ1v) is 8.96. The Hall–Kier alpha value is -2.95. The fraction of sp³-hybridized carbons (Fsp3) is 0.286. The first kappa shape index (κ1) is 17.9. The van der Waals surface area contributed by atoms with Crippen molar-refractivity contribution in [2.45, 2.75) is 32.7 Å². The van der Waals surface area contributed by atoms with Gasteiger partial charge in [0.25, 0.3) is 0 Å². The largest absolute Gasteiger partial charge is 0.367 e. The van der Waals surface area contributed by atoms with Crippen LogP contribution in [-0.4, -0.2) is 22.7 Å². The Labute approximate surface area is 155 Å². The molecule has 1 aromatic heterocycles. The normalized spacial score (nSPS) is 15.7. The van der Waals surface area contributed by atoms with Gasteiger partial charge in [-0.2, -0.15) is 0 Å². The average molecular weight is 347 g/mol. The summed E-state index contributed by atoms with van der Waals surface area (Å²) in [7, 11) is 0. The number of aromatic nitrogens is 2. The van der Waals surface area contributed by atoms with Crippen LogP contribution in [0.1, 0.15) is 26.7 Å². The van der Waals surface area contributed by atoms with Gasteiger partial charge < -0.3 is 10.6 Å². The Bertz CT molecular complexity index is 806. The lowest BCUT2D eigenvalue weighted by Crippen LogP contribution is -2.18. The zero-order valence-corrected chi connectivity index (χ0v) is 15.3. The third-order valence-corrected chi connectivity index (χ3v) is 4.41. The summed E-state index contributed by atoms with van der Waals surface area (Å²) in [4.78, 5) is 13.2. The van der Waals surface area contributed by atoms with Crippen LogP contribution in [0.3, 0.4) is 0 Å². The third-order valence-electron chi connectivity index (χ3n) is 4.41. The van der Waals surface area contributed by atoms with Crippen LogP contribution in [0.4, 0.5) is 11.6 Å². The van der Waals surface area contributed by atoms with Gasteiger partial charge >= 0.3 is 0 Å². The lowest BCUT2D eigenvalue weighted by atomic mass is 10.2. The molecule has 1 atom stereocenters. The minimum absolute atomic E-state index is 0.410. The first-order valence-electron chi connectivity index (χ1n) is 8.96. The van der Waals surface area contributed by atoms with E-state index in [2.05, 4.69) is 34.3 Å². The standard InChI is InChI=1S/C21H25N5/c1-4-18(12-13-22-3)24-20-14-19(23-15(2)16-10-11-16)25-21(26-20)17-8-6-5-7-9-17/h4-9,12-16H,3,10-11H2,1-2H3,(H2,23,24,25,26)/b13-12-,18-4+. The van der Waals surface area contributed by atoms with Gasteiger partial charge in [0, 0.05) is 29.6 Å². The molecule has 0 radical (unpaired) electrons. The molecule has 1 unspecified atom stereocenters. The zero-order valence-electron chi connectivity index (χ0n) is 15.3. The van der Waals surface area contributed by atoms with E-state index in [0.717, 1.165) is 28.8 Å². The molecule has 2 aromatic rings. The molecule has 1 heterocycles. The van der Waals surface area contributed by atoms with E-state index in [1.54, 1.807) is 6.20 Å². The molecule has 0 saturated heterocycles. The van der Waals surface area contributed by atoms with E-state index in [1.165, 1.54) is 12.8 Å². The molecule has 5 nitrogen and oxygen atoms in total. The van der Waals surface area contributed by atoms with Crippen molar-refractivity contribution in [3.05, 3.63) is 60.4 Å². The molecule has 1 aliphatic rings. The summed E-state index contributed by atoms with van der Waals surface area (Å²) in [6.07, 6.45) is 8.05. The maximum atomic E-state index is 4.72. The van der Waals surface area contributed by atoms with Crippen molar-refractivity contribution in [1.82, 2.24) is 9.97 Å². The molecule has 1 aromatic carbocycles. The van der Waals surface area contributed by atoms with Crippen molar-refractivity contribution in [3.63, 3.8) is 0 Å². The van der Waals surface area contributed by atoms with Gasteiger partial charge in [-0.05, 0) is 45.4 Å². The van der Waals surface area contributed by atoms with Gasteiger partial charge in [0.1, 0.15) is 11.6 Å². The third kappa shape index (κ3) is 4.79. The van der Waals surface area contributed by atoms with Crippen LogP contribution >= 0.6 is 0 Å². The van der Waals surface area contributed by atoms with E-state index in [4.69, 9.17) is 4.98 Å².